The third kappa shape index (κ3) is 5.01. The van der Waals surface area contributed by atoms with Crippen LogP contribution in [0.1, 0.15) is 11.3 Å². The van der Waals surface area contributed by atoms with Gasteiger partial charge in [0.1, 0.15) is 0 Å². The molecule has 0 spiro atoms. The van der Waals surface area contributed by atoms with Crippen LogP contribution in [0.2, 0.25) is 5.02 Å². The van der Waals surface area contributed by atoms with Crippen LogP contribution in [0.25, 0.3) is 0 Å². The third-order valence-corrected chi connectivity index (χ3v) is 4.43. The fourth-order valence-electron chi connectivity index (χ4n) is 2.19. The Morgan fingerprint density at radius 1 is 1.14 bits per heavy atom. The topological polar surface area (TPSA) is 28.2 Å². The van der Waals surface area contributed by atoms with Gasteiger partial charge in [-0.15, -0.1) is 36.2 Å². The molecule has 2 heterocycles. The molecule has 3 rings (SSSR count). The number of rotatable bonds is 3. The van der Waals surface area contributed by atoms with Crippen molar-refractivity contribution in [2.24, 2.45) is 0 Å². The van der Waals surface area contributed by atoms with Crippen molar-refractivity contribution in [2.75, 3.05) is 31.1 Å². The Morgan fingerprint density at radius 2 is 1.81 bits per heavy atom. The molecule has 1 saturated heterocycles. The Labute approximate surface area is 146 Å². The summed E-state index contributed by atoms with van der Waals surface area (Å²) in [5.74, 6) is 0. The summed E-state index contributed by atoms with van der Waals surface area (Å²) in [5.41, 5.74) is 2.39. The molecule has 116 valence electrons. The van der Waals surface area contributed by atoms with Crippen LogP contribution >= 0.6 is 47.8 Å². The Hall–Kier alpha value is -0.520. The van der Waals surface area contributed by atoms with Crippen LogP contribution in [0.15, 0.2) is 29.6 Å². The first kappa shape index (κ1) is 18.5. The molecule has 2 aromatic rings. The van der Waals surface area contributed by atoms with Gasteiger partial charge < -0.3 is 10.2 Å². The summed E-state index contributed by atoms with van der Waals surface area (Å²) in [6.45, 7) is 4.19. The van der Waals surface area contributed by atoms with Gasteiger partial charge in [0.2, 0.25) is 0 Å². The number of hydrogen-bond donors (Lipinski definition) is 1. The van der Waals surface area contributed by atoms with Gasteiger partial charge >= 0.3 is 0 Å². The minimum absolute atomic E-state index is 0. The Balaban J connectivity index is 0.00000110. The maximum atomic E-state index is 5.89. The smallest absolute Gasteiger partial charge is 0.185 e. The first-order valence-electron chi connectivity index (χ1n) is 6.46. The molecule has 0 atom stereocenters. The molecule has 1 N–H and O–H groups in total. The molecule has 1 aliphatic rings. The van der Waals surface area contributed by atoms with Gasteiger partial charge in [0.25, 0.3) is 0 Å². The maximum absolute atomic E-state index is 5.89. The predicted molar refractivity (Wildman–Crippen MR) is 96.0 cm³/mol. The van der Waals surface area contributed by atoms with E-state index in [4.69, 9.17) is 16.6 Å². The average molecular weight is 367 g/mol. The van der Waals surface area contributed by atoms with Crippen molar-refractivity contribution in [3.05, 3.63) is 45.9 Å². The molecule has 1 aliphatic heterocycles. The van der Waals surface area contributed by atoms with Crippen LogP contribution < -0.4 is 10.2 Å². The van der Waals surface area contributed by atoms with Gasteiger partial charge in [-0.2, -0.15) is 0 Å². The number of thiazole rings is 1. The van der Waals surface area contributed by atoms with Gasteiger partial charge in [-0.1, -0.05) is 23.7 Å². The number of aromatic nitrogens is 1. The molecule has 1 aromatic carbocycles. The first-order chi connectivity index (χ1) is 9.31. The van der Waals surface area contributed by atoms with Crippen molar-refractivity contribution in [3.8, 4) is 0 Å². The molecule has 0 bridgehead atoms. The van der Waals surface area contributed by atoms with Gasteiger partial charge in [0, 0.05) is 43.0 Å². The minimum atomic E-state index is 0. The molecule has 0 saturated carbocycles. The number of hydrogen-bond acceptors (Lipinski definition) is 4. The summed E-state index contributed by atoms with van der Waals surface area (Å²) in [7, 11) is 0. The molecule has 7 heteroatoms. The van der Waals surface area contributed by atoms with E-state index in [1.54, 1.807) is 11.3 Å². The van der Waals surface area contributed by atoms with Crippen molar-refractivity contribution in [1.29, 1.82) is 0 Å². The zero-order valence-corrected chi connectivity index (χ0v) is 14.6. The highest BCUT2D eigenvalue weighted by Crippen LogP contribution is 2.22. The van der Waals surface area contributed by atoms with Gasteiger partial charge in [0.05, 0.1) is 5.69 Å². The lowest BCUT2D eigenvalue weighted by molar-refractivity contribution is 0.588. The van der Waals surface area contributed by atoms with E-state index in [0.29, 0.717) is 0 Å². The van der Waals surface area contributed by atoms with E-state index in [1.165, 1.54) is 5.56 Å². The van der Waals surface area contributed by atoms with E-state index in [2.05, 4.69) is 27.7 Å². The largest absolute Gasteiger partial charge is 0.346 e. The lowest BCUT2D eigenvalue weighted by Gasteiger charge is -2.26. The summed E-state index contributed by atoms with van der Waals surface area (Å²) >= 11 is 7.63. The van der Waals surface area contributed by atoms with E-state index in [-0.39, 0.29) is 24.8 Å². The van der Waals surface area contributed by atoms with Crippen molar-refractivity contribution >= 4 is 52.9 Å². The monoisotopic (exact) mass is 365 g/mol. The standard InChI is InChI=1S/C14H16ClN3S.2ClH/c15-12-3-1-11(2-4-12)9-13-10-19-14(17-13)18-7-5-16-6-8-18;;/h1-4,10,16H,5-9H2;2*1H. The van der Waals surface area contributed by atoms with Gasteiger partial charge in [-0.25, -0.2) is 4.98 Å². The second-order valence-electron chi connectivity index (χ2n) is 4.66. The zero-order valence-electron chi connectivity index (χ0n) is 11.4. The highest BCUT2D eigenvalue weighted by molar-refractivity contribution is 7.13. The summed E-state index contributed by atoms with van der Waals surface area (Å²) in [4.78, 5) is 7.09. The minimum Gasteiger partial charge on any atom is -0.346 e. The van der Waals surface area contributed by atoms with Crippen molar-refractivity contribution in [1.82, 2.24) is 10.3 Å². The molecule has 0 amide bonds. The van der Waals surface area contributed by atoms with E-state index >= 15 is 0 Å². The summed E-state index contributed by atoms with van der Waals surface area (Å²) in [6, 6.07) is 7.99. The number of nitrogens with one attached hydrogen (secondary N) is 1. The number of anilines is 1. The molecular formula is C14H18Cl3N3S. The van der Waals surface area contributed by atoms with Crippen LogP contribution in [0.4, 0.5) is 5.13 Å². The number of piperazine rings is 1. The summed E-state index contributed by atoms with van der Waals surface area (Å²) < 4.78 is 0. The normalized spacial score (nSPS) is 14.2. The SMILES string of the molecule is Cl.Cl.Clc1ccc(Cc2csc(N3CCNCC3)n2)cc1. The predicted octanol–water partition coefficient (Wildman–Crippen LogP) is 3.64. The molecule has 0 unspecified atom stereocenters. The number of nitrogens with zero attached hydrogens (tertiary/aromatic N) is 2. The maximum Gasteiger partial charge on any atom is 0.185 e. The van der Waals surface area contributed by atoms with Crippen LogP contribution in [-0.2, 0) is 6.42 Å². The zero-order chi connectivity index (χ0) is 13.1. The molecule has 3 nitrogen and oxygen atoms in total. The highest BCUT2D eigenvalue weighted by Gasteiger charge is 2.13. The first-order valence-corrected chi connectivity index (χ1v) is 7.71. The van der Waals surface area contributed by atoms with Gasteiger partial charge in [-0.05, 0) is 17.7 Å². The van der Waals surface area contributed by atoms with Gasteiger partial charge in [0.15, 0.2) is 5.13 Å². The van der Waals surface area contributed by atoms with Crippen molar-refractivity contribution in [3.63, 3.8) is 0 Å². The summed E-state index contributed by atoms with van der Waals surface area (Å²) in [5, 5.41) is 7.44. The quantitative estimate of drug-likeness (QED) is 0.899. The Kier molecular flexibility index (Phi) is 7.77. The number of benzene rings is 1. The lowest BCUT2D eigenvalue weighted by atomic mass is 10.1. The molecule has 1 fully saturated rings. The lowest BCUT2D eigenvalue weighted by Crippen LogP contribution is -2.43. The molecule has 21 heavy (non-hydrogen) atoms. The fraction of sp³-hybridized carbons (Fsp3) is 0.357. The highest BCUT2D eigenvalue weighted by atomic mass is 35.5. The van der Waals surface area contributed by atoms with E-state index in [0.717, 1.165) is 48.4 Å². The summed E-state index contributed by atoms with van der Waals surface area (Å²) in [6.07, 6.45) is 0.875. The van der Waals surface area contributed by atoms with Crippen LogP contribution in [0.5, 0.6) is 0 Å². The Morgan fingerprint density at radius 3 is 2.48 bits per heavy atom. The van der Waals surface area contributed by atoms with Crippen molar-refractivity contribution in [2.45, 2.75) is 6.42 Å². The van der Waals surface area contributed by atoms with Crippen LogP contribution in [-0.4, -0.2) is 31.2 Å². The molecule has 1 aromatic heterocycles. The average Bonchev–Trinajstić information content (AvgIpc) is 2.91. The van der Waals surface area contributed by atoms with Crippen molar-refractivity contribution < 1.29 is 0 Å². The van der Waals surface area contributed by atoms with Crippen LogP contribution in [0.3, 0.4) is 0 Å². The second-order valence-corrected chi connectivity index (χ2v) is 5.93. The van der Waals surface area contributed by atoms with E-state index in [9.17, 15) is 0 Å². The fourth-order valence-corrected chi connectivity index (χ4v) is 3.20. The molecule has 0 radical (unpaired) electrons. The van der Waals surface area contributed by atoms with E-state index in [1.807, 2.05) is 12.1 Å². The number of halogens is 3. The Bertz CT molecular complexity index is 539. The molecule has 0 aliphatic carbocycles. The van der Waals surface area contributed by atoms with Gasteiger partial charge in [-0.3, -0.25) is 0 Å². The third-order valence-electron chi connectivity index (χ3n) is 3.23. The second kappa shape index (κ2) is 8.81. The molecular weight excluding hydrogens is 349 g/mol. The van der Waals surface area contributed by atoms with Crippen LogP contribution in [0, 0.1) is 0 Å². The van der Waals surface area contributed by atoms with E-state index < -0.39 is 0 Å².